The van der Waals surface area contributed by atoms with Gasteiger partial charge in [0.2, 0.25) is 5.82 Å². The highest BCUT2D eigenvalue weighted by molar-refractivity contribution is 7.98. The van der Waals surface area contributed by atoms with Crippen LogP contribution in [0.4, 0.5) is 0 Å². The summed E-state index contributed by atoms with van der Waals surface area (Å²) in [5, 5.41) is 8.85. The van der Waals surface area contributed by atoms with Crippen molar-refractivity contribution < 1.29 is 9.90 Å². The van der Waals surface area contributed by atoms with Crippen molar-refractivity contribution in [1.29, 1.82) is 0 Å². The van der Waals surface area contributed by atoms with Crippen molar-refractivity contribution in [2.45, 2.75) is 26.1 Å². The number of thioether (sulfide) groups is 1. The lowest BCUT2D eigenvalue weighted by molar-refractivity contribution is 0.0678. The Balaban J connectivity index is 2.83. The van der Waals surface area contributed by atoms with Crippen LogP contribution in [-0.4, -0.2) is 26.4 Å². The van der Waals surface area contributed by atoms with Crippen LogP contribution >= 0.6 is 11.8 Å². The average Bonchev–Trinajstić information content (AvgIpc) is 2.57. The lowest BCUT2D eigenvalue weighted by atomic mass is 10.5. The van der Waals surface area contributed by atoms with Gasteiger partial charge in [-0.3, -0.25) is 0 Å². The summed E-state index contributed by atoms with van der Waals surface area (Å²) in [5.74, 6) is 0.976. The first kappa shape index (κ1) is 11.1. The number of imidazole rings is 1. The number of rotatable bonds is 5. The fourth-order valence-electron chi connectivity index (χ4n) is 1.16. The maximum Gasteiger partial charge on any atom is 0.372 e. The van der Waals surface area contributed by atoms with E-state index in [9.17, 15) is 4.79 Å². The Morgan fingerprint density at radius 2 is 2.36 bits per heavy atom. The molecule has 0 bridgehead atoms. The molecule has 0 saturated heterocycles. The van der Waals surface area contributed by atoms with Crippen molar-refractivity contribution in [3.63, 3.8) is 0 Å². The van der Waals surface area contributed by atoms with Gasteiger partial charge < -0.3 is 9.67 Å². The Morgan fingerprint density at radius 1 is 1.64 bits per heavy atom. The van der Waals surface area contributed by atoms with Crippen LogP contribution in [0.2, 0.25) is 0 Å². The minimum atomic E-state index is -0.959. The van der Waals surface area contributed by atoms with E-state index >= 15 is 0 Å². The van der Waals surface area contributed by atoms with Crippen molar-refractivity contribution in [2.24, 2.45) is 0 Å². The number of aromatic nitrogens is 2. The number of aryl methyl sites for hydroxylation is 1. The molecule has 0 fully saturated rings. The van der Waals surface area contributed by atoms with E-state index in [1.54, 1.807) is 16.3 Å². The number of carbonyl (C=O) groups is 1. The van der Waals surface area contributed by atoms with Crippen LogP contribution in [0.3, 0.4) is 0 Å². The molecule has 0 radical (unpaired) electrons. The van der Waals surface area contributed by atoms with E-state index < -0.39 is 5.97 Å². The zero-order valence-electron chi connectivity index (χ0n) is 8.36. The second-order valence-electron chi connectivity index (χ2n) is 2.78. The number of carboxylic acids is 1. The highest BCUT2D eigenvalue weighted by Crippen LogP contribution is 2.11. The molecule has 4 nitrogen and oxygen atoms in total. The average molecular weight is 214 g/mol. The van der Waals surface area contributed by atoms with Gasteiger partial charge in [-0.05, 0) is 12.7 Å². The normalized spacial score (nSPS) is 10.4. The molecule has 14 heavy (non-hydrogen) atoms. The molecule has 0 saturated carbocycles. The Kier molecular flexibility index (Phi) is 4.00. The molecule has 0 amide bonds. The van der Waals surface area contributed by atoms with Gasteiger partial charge in [0.15, 0.2) is 0 Å². The van der Waals surface area contributed by atoms with Crippen LogP contribution in [0, 0.1) is 0 Å². The maximum atomic E-state index is 10.8. The molecule has 0 spiro atoms. The fraction of sp³-hybridized carbons (Fsp3) is 0.556. The number of aromatic carboxylic acids is 1. The molecule has 1 rings (SSSR count). The predicted octanol–water partition coefficient (Wildman–Crippen LogP) is 1.85. The minimum absolute atomic E-state index is 0.138. The molecule has 0 aromatic carbocycles. The lowest BCUT2D eigenvalue weighted by Crippen LogP contribution is -2.07. The van der Waals surface area contributed by atoms with Crippen LogP contribution in [0.5, 0.6) is 0 Å². The van der Waals surface area contributed by atoms with Gasteiger partial charge in [0.05, 0.1) is 5.69 Å². The van der Waals surface area contributed by atoms with E-state index in [1.165, 1.54) is 0 Å². The summed E-state index contributed by atoms with van der Waals surface area (Å²) >= 11 is 1.74. The molecule has 0 atom stereocenters. The molecule has 0 aliphatic carbocycles. The number of nitrogens with zero attached hydrogens (tertiary/aromatic N) is 2. The van der Waals surface area contributed by atoms with Gasteiger partial charge in [-0.1, -0.05) is 6.92 Å². The predicted molar refractivity (Wildman–Crippen MR) is 56.7 cm³/mol. The van der Waals surface area contributed by atoms with Crippen LogP contribution in [-0.2, 0) is 12.3 Å². The summed E-state index contributed by atoms with van der Waals surface area (Å²) in [4.78, 5) is 14.8. The summed E-state index contributed by atoms with van der Waals surface area (Å²) in [6.45, 7) is 4.62. The third-order valence-electron chi connectivity index (χ3n) is 1.81. The molecule has 5 heteroatoms. The summed E-state index contributed by atoms with van der Waals surface area (Å²) < 4.78 is 1.66. The van der Waals surface area contributed by atoms with E-state index in [4.69, 9.17) is 5.11 Å². The highest BCUT2D eigenvalue weighted by atomic mass is 32.2. The zero-order valence-corrected chi connectivity index (χ0v) is 9.17. The largest absolute Gasteiger partial charge is 0.475 e. The summed E-state index contributed by atoms with van der Waals surface area (Å²) in [7, 11) is 0. The van der Waals surface area contributed by atoms with Crippen LogP contribution < -0.4 is 0 Å². The third kappa shape index (κ3) is 2.51. The smallest absolute Gasteiger partial charge is 0.372 e. The number of hydrogen-bond acceptors (Lipinski definition) is 3. The topological polar surface area (TPSA) is 55.1 Å². The Hall–Kier alpha value is -0.970. The first-order valence-electron chi connectivity index (χ1n) is 4.56. The van der Waals surface area contributed by atoms with Crippen LogP contribution in [0.25, 0.3) is 0 Å². The molecule has 0 aliphatic rings. The molecular weight excluding hydrogens is 200 g/mol. The summed E-state index contributed by atoms with van der Waals surface area (Å²) in [5.41, 5.74) is 0.844. The molecule has 1 aromatic heterocycles. The van der Waals surface area contributed by atoms with Gasteiger partial charge in [0.25, 0.3) is 0 Å². The molecular formula is C9H14N2O2S. The molecule has 1 aromatic rings. The van der Waals surface area contributed by atoms with Crippen LogP contribution in [0.15, 0.2) is 6.20 Å². The standard InChI is InChI=1S/C9H14N2O2S/c1-3-11-5-7(6-14-4-2)10-8(11)9(12)13/h5H,3-4,6H2,1-2H3,(H,12,13). The van der Waals surface area contributed by atoms with Crippen molar-refractivity contribution in [1.82, 2.24) is 9.55 Å². The van der Waals surface area contributed by atoms with E-state index in [-0.39, 0.29) is 5.82 Å². The molecule has 0 unspecified atom stereocenters. The first-order valence-corrected chi connectivity index (χ1v) is 5.71. The van der Waals surface area contributed by atoms with E-state index in [0.29, 0.717) is 6.54 Å². The lowest BCUT2D eigenvalue weighted by Gasteiger charge is -1.97. The quantitative estimate of drug-likeness (QED) is 0.812. The van der Waals surface area contributed by atoms with Crippen molar-refractivity contribution in [2.75, 3.05) is 5.75 Å². The molecule has 1 N–H and O–H groups in total. The minimum Gasteiger partial charge on any atom is -0.475 e. The third-order valence-corrected chi connectivity index (χ3v) is 2.72. The Bertz CT molecular complexity index is 323. The molecule has 78 valence electrons. The fourth-order valence-corrected chi connectivity index (χ4v) is 1.71. The summed E-state index contributed by atoms with van der Waals surface area (Å²) in [6, 6.07) is 0. The monoisotopic (exact) mass is 214 g/mol. The second kappa shape index (κ2) is 5.05. The zero-order chi connectivity index (χ0) is 10.6. The molecule has 1 heterocycles. The first-order chi connectivity index (χ1) is 6.69. The Morgan fingerprint density at radius 3 is 2.79 bits per heavy atom. The molecule has 0 aliphatic heterocycles. The van der Waals surface area contributed by atoms with Crippen molar-refractivity contribution >= 4 is 17.7 Å². The Labute approximate surface area is 87.3 Å². The maximum absolute atomic E-state index is 10.8. The highest BCUT2D eigenvalue weighted by Gasteiger charge is 2.12. The van der Waals surface area contributed by atoms with Crippen molar-refractivity contribution in [3.05, 3.63) is 17.7 Å². The van der Waals surface area contributed by atoms with E-state index in [0.717, 1.165) is 17.2 Å². The SMILES string of the molecule is CCSCc1cn(CC)c(C(=O)O)n1. The van der Waals surface area contributed by atoms with Gasteiger partial charge in [0, 0.05) is 18.5 Å². The van der Waals surface area contributed by atoms with E-state index in [2.05, 4.69) is 11.9 Å². The van der Waals surface area contributed by atoms with Gasteiger partial charge >= 0.3 is 5.97 Å². The van der Waals surface area contributed by atoms with Gasteiger partial charge in [-0.25, -0.2) is 9.78 Å². The summed E-state index contributed by atoms with van der Waals surface area (Å²) in [6.07, 6.45) is 1.81. The van der Waals surface area contributed by atoms with E-state index in [1.807, 2.05) is 13.1 Å². The van der Waals surface area contributed by atoms with Crippen LogP contribution in [0.1, 0.15) is 30.2 Å². The van der Waals surface area contributed by atoms with Gasteiger partial charge in [0.1, 0.15) is 0 Å². The van der Waals surface area contributed by atoms with Gasteiger partial charge in [-0.15, -0.1) is 0 Å². The second-order valence-corrected chi connectivity index (χ2v) is 4.06. The number of hydrogen-bond donors (Lipinski definition) is 1. The number of carboxylic acid groups (broad SMARTS) is 1. The van der Waals surface area contributed by atoms with Gasteiger partial charge in [-0.2, -0.15) is 11.8 Å². The van der Waals surface area contributed by atoms with Crippen molar-refractivity contribution in [3.8, 4) is 0 Å².